The number of esters is 1. The molecule has 0 atom stereocenters. The topological polar surface area (TPSA) is 123 Å². The average molecular weight is 622 g/mol. The van der Waals surface area contributed by atoms with E-state index in [0.29, 0.717) is 46.5 Å². The van der Waals surface area contributed by atoms with Crippen LogP contribution in [0.15, 0.2) is 94.4 Å². The minimum Gasteiger partial charge on any atom is -0.490 e. The van der Waals surface area contributed by atoms with Gasteiger partial charge in [-0.2, -0.15) is 5.10 Å². The molecule has 234 valence electrons. The highest BCUT2D eigenvalue weighted by Crippen LogP contribution is 2.34. The first-order valence-corrected chi connectivity index (χ1v) is 14.6. The van der Waals surface area contributed by atoms with Crippen molar-refractivity contribution >= 4 is 18.1 Å². The molecule has 1 aliphatic rings. The number of ether oxygens (including phenoxy) is 5. The van der Waals surface area contributed by atoms with Crippen LogP contribution in [0.3, 0.4) is 0 Å². The molecule has 3 heterocycles. The summed E-state index contributed by atoms with van der Waals surface area (Å²) in [6.45, 7) is 6.55. The molecule has 0 bridgehead atoms. The fraction of sp³-hybridized carbons (Fsp3) is 0.171. The van der Waals surface area contributed by atoms with Crippen molar-refractivity contribution in [3.8, 4) is 34.4 Å². The maximum Gasteiger partial charge on any atom is 0.343 e. The summed E-state index contributed by atoms with van der Waals surface area (Å²) in [5, 5.41) is 4.03. The van der Waals surface area contributed by atoms with Crippen LogP contribution in [-0.4, -0.2) is 36.1 Å². The number of carbonyl (C=O) groups excluding carboxylic acids is 2. The highest BCUT2D eigenvalue weighted by molar-refractivity contribution is 5.93. The Labute approximate surface area is 264 Å². The lowest BCUT2D eigenvalue weighted by molar-refractivity contribution is 0.0727. The Balaban J connectivity index is 1.02. The Morgan fingerprint density at radius 2 is 1.65 bits per heavy atom. The first-order valence-electron chi connectivity index (χ1n) is 14.6. The smallest absolute Gasteiger partial charge is 0.343 e. The molecule has 0 fully saturated rings. The number of nitrogens with zero attached hydrogens (tertiary/aromatic N) is 2. The zero-order valence-corrected chi connectivity index (χ0v) is 25.4. The molecular weight excluding hydrogens is 590 g/mol. The predicted molar refractivity (Wildman–Crippen MR) is 168 cm³/mol. The van der Waals surface area contributed by atoms with Crippen molar-refractivity contribution in [3.05, 3.63) is 119 Å². The van der Waals surface area contributed by atoms with Crippen LogP contribution in [0.25, 0.3) is 5.69 Å². The van der Waals surface area contributed by atoms with Crippen LogP contribution in [-0.2, 0) is 6.61 Å². The van der Waals surface area contributed by atoms with Crippen molar-refractivity contribution in [2.24, 2.45) is 5.10 Å². The van der Waals surface area contributed by atoms with Crippen LogP contribution in [0.2, 0.25) is 0 Å². The standard InChI is InChI=1S/C35H31N3O8/c1-4-41-32-17-24(7-14-30(32)46-35(40)25-8-15-29-33(18-25)44-21-43-29)19-36-37-34(39)31-16-13-28(45-31)20-42-27-11-9-26(10-12-27)38-22(2)5-6-23(38)3/h5-19H,4,20-21H2,1-3H3,(H,37,39)/b36-19+. The van der Waals surface area contributed by atoms with E-state index in [0.717, 1.165) is 17.1 Å². The van der Waals surface area contributed by atoms with Crippen molar-refractivity contribution < 1.29 is 37.7 Å². The van der Waals surface area contributed by atoms with E-state index in [1.165, 1.54) is 6.21 Å². The van der Waals surface area contributed by atoms with Crippen molar-refractivity contribution in [2.75, 3.05) is 13.4 Å². The number of fused-ring (bicyclic) bond motifs is 1. The van der Waals surface area contributed by atoms with Crippen molar-refractivity contribution in [1.29, 1.82) is 0 Å². The van der Waals surface area contributed by atoms with E-state index in [9.17, 15) is 9.59 Å². The first-order chi connectivity index (χ1) is 22.4. The SMILES string of the molecule is CCOc1cc(/C=N/NC(=O)c2ccc(COc3ccc(-n4c(C)ccc4C)cc3)o2)ccc1OC(=O)c1ccc2c(c1)OCO2. The molecule has 0 saturated heterocycles. The predicted octanol–water partition coefficient (Wildman–Crippen LogP) is 6.38. The van der Waals surface area contributed by atoms with Gasteiger partial charge in [0.15, 0.2) is 28.8 Å². The quantitative estimate of drug-likeness (QED) is 0.0781. The number of carbonyl (C=O) groups is 2. The summed E-state index contributed by atoms with van der Waals surface area (Å²) >= 11 is 0. The molecule has 11 nitrogen and oxygen atoms in total. The van der Waals surface area contributed by atoms with Gasteiger partial charge < -0.3 is 32.7 Å². The van der Waals surface area contributed by atoms with Gasteiger partial charge in [-0.05, 0) is 111 Å². The van der Waals surface area contributed by atoms with Crippen LogP contribution in [0.5, 0.6) is 28.7 Å². The molecule has 0 saturated carbocycles. The summed E-state index contributed by atoms with van der Waals surface area (Å²) in [5.41, 5.74) is 6.72. The number of furan rings is 1. The lowest BCUT2D eigenvalue weighted by atomic mass is 10.2. The van der Waals surface area contributed by atoms with E-state index < -0.39 is 11.9 Å². The summed E-state index contributed by atoms with van der Waals surface area (Å²) in [7, 11) is 0. The van der Waals surface area contributed by atoms with Gasteiger partial charge in [0.1, 0.15) is 18.1 Å². The van der Waals surface area contributed by atoms with Gasteiger partial charge in [-0.15, -0.1) is 0 Å². The van der Waals surface area contributed by atoms with Gasteiger partial charge in [-0.1, -0.05) is 0 Å². The molecule has 2 aromatic heterocycles. The Kier molecular flexibility index (Phi) is 8.73. The zero-order valence-electron chi connectivity index (χ0n) is 25.4. The number of hydrogen-bond acceptors (Lipinski definition) is 9. The Hall–Kier alpha value is -5.97. The van der Waals surface area contributed by atoms with E-state index in [1.54, 1.807) is 48.5 Å². The number of rotatable bonds is 11. The maximum atomic E-state index is 12.8. The van der Waals surface area contributed by atoms with Gasteiger partial charge in [0.25, 0.3) is 0 Å². The highest BCUT2D eigenvalue weighted by Gasteiger charge is 2.19. The number of hydrogen-bond donors (Lipinski definition) is 1. The fourth-order valence-electron chi connectivity index (χ4n) is 4.86. The molecule has 6 rings (SSSR count). The molecule has 46 heavy (non-hydrogen) atoms. The van der Waals surface area contributed by atoms with Gasteiger partial charge in [0, 0.05) is 17.1 Å². The molecule has 5 aromatic rings. The van der Waals surface area contributed by atoms with Gasteiger partial charge in [0.05, 0.1) is 18.4 Å². The van der Waals surface area contributed by atoms with Crippen molar-refractivity contribution in [2.45, 2.75) is 27.4 Å². The number of hydrazone groups is 1. The van der Waals surface area contributed by atoms with Crippen LogP contribution >= 0.6 is 0 Å². The fourth-order valence-corrected chi connectivity index (χ4v) is 4.86. The highest BCUT2D eigenvalue weighted by atomic mass is 16.7. The van der Waals surface area contributed by atoms with Crippen LogP contribution in [0.4, 0.5) is 0 Å². The normalized spacial score (nSPS) is 11.9. The number of benzene rings is 3. The van der Waals surface area contributed by atoms with Crippen LogP contribution in [0.1, 0.15) is 50.5 Å². The Morgan fingerprint density at radius 1 is 0.870 bits per heavy atom. The van der Waals surface area contributed by atoms with E-state index in [1.807, 2.05) is 31.2 Å². The zero-order chi connectivity index (χ0) is 32.0. The molecular formula is C35H31N3O8. The van der Waals surface area contributed by atoms with Crippen molar-refractivity contribution in [3.63, 3.8) is 0 Å². The number of aryl methyl sites for hydroxylation is 2. The number of amides is 1. The molecule has 11 heteroatoms. The minimum absolute atomic E-state index is 0.0884. The molecule has 0 radical (unpaired) electrons. The second-order valence-corrected chi connectivity index (χ2v) is 10.3. The molecule has 0 spiro atoms. The summed E-state index contributed by atoms with van der Waals surface area (Å²) in [6.07, 6.45) is 1.44. The third kappa shape index (κ3) is 6.73. The molecule has 1 N–H and O–H groups in total. The van der Waals surface area contributed by atoms with Gasteiger partial charge in [-0.3, -0.25) is 4.79 Å². The maximum absolute atomic E-state index is 12.8. The average Bonchev–Trinajstić information content (AvgIpc) is 3.81. The van der Waals surface area contributed by atoms with Crippen LogP contribution in [0, 0.1) is 13.8 Å². The summed E-state index contributed by atoms with van der Waals surface area (Å²) < 4.78 is 35.5. The minimum atomic E-state index is -0.577. The first kappa shape index (κ1) is 30.1. The van der Waals surface area contributed by atoms with E-state index >= 15 is 0 Å². The second-order valence-electron chi connectivity index (χ2n) is 10.3. The third-order valence-electron chi connectivity index (χ3n) is 7.09. The van der Waals surface area contributed by atoms with E-state index in [4.69, 9.17) is 28.1 Å². The Morgan fingerprint density at radius 3 is 2.43 bits per heavy atom. The number of nitrogens with one attached hydrogen (secondary N) is 1. The van der Waals surface area contributed by atoms with E-state index in [2.05, 4.69) is 41.1 Å². The largest absolute Gasteiger partial charge is 0.490 e. The lowest BCUT2D eigenvalue weighted by Crippen LogP contribution is -2.16. The second kappa shape index (κ2) is 13.3. The summed E-state index contributed by atoms with van der Waals surface area (Å²) in [4.78, 5) is 25.4. The van der Waals surface area contributed by atoms with E-state index in [-0.39, 0.29) is 24.9 Å². The van der Waals surface area contributed by atoms with Crippen molar-refractivity contribution in [1.82, 2.24) is 9.99 Å². The lowest BCUT2D eigenvalue weighted by Gasteiger charge is -2.11. The van der Waals surface area contributed by atoms with Gasteiger partial charge in [-0.25, -0.2) is 10.2 Å². The summed E-state index contributed by atoms with van der Waals surface area (Å²) in [5.74, 6) is 1.78. The molecule has 1 aliphatic heterocycles. The van der Waals surface area contributed by atoms with Gasteiger partial charge in [0.2, 0.25) is 6.79 Å². The third-order valence-corrected chi connectivity index (χ3v) is 7.09. The molecule has 1 amide bonds. The number of aromatic nitrogens is 1. The van der Waals surface area contributed by atoms with Gasteiger partial charge >= 0.3 is 11.9 Å². The molecule has 3 aromatic carbocycles. The summed E-state index contributed by atoms with van der Waals surface area (Å²) in [6, 6.07) is 24.9. The molecule has 0 aliphatic carbocycles. The van der Waals surface area contributed by atoms with Crippen LogP contribution < -0.4 is 29.1 Å². The molecule has 0 unspecified atom stereocenters. The monoisotopic (exact) mass is 621 g/mol. The Bertz CT molecular complexity index is 1890.